The third-order valence-corrected chi connectivity index (χ3v) is 5.29. The number of amides is 1. The van der Waals surface area contributed by atoms with Crippen LogP contribution in [-0.2, 0) is 11.2 Å². The molecule has 1 aromatic heterocycles. The van der Waals surface area contributed by atoms with Crippen molar-refractivity contribution < 1.29 is 4.79 Å². The Balaban J connectivity index is 1.58. The van der Waals surface area contributed by atoms with Crippen LogP contribution in [0.1, 0.15) is 12.5 Å². The molecule has 3 rings (SSSR count). The summed E-state index contributed by atoms with van der Waals surface area (Å²) in [7, 11) is 0. The molecule has 0 spiro atoms. The van der Waals surface area contributed by atoms with Gasteiger partial charge in [-0.25, -0.2) is 4.98 Å². The number of aromatic nitrogens is 1. The van der Waals surface area contributed by atoms with E-state index in [0.717, 1.165) is 22.6 Å². The van der Waals surface area contributed by atoms with E-state index in [9.17, 15) is 4.79 Å². The first-order valence-electron chi connectivity index (χ1n) is 7.77. The van der Waals surface area contributed by atoms with Gasteiger partial charge in [0, 0.05) is 15.8 Å². The number of carbonyl (C=O) groups excluding carboxylic acids is 1. The van der Waals surface area contributed by atoms with Crippen LogP contribution in [0.3, 0.4) is 0 Å². The van der Waals surface area contributed by atoms with Crippen LogP contribution >= 0.6 is 23.1 Å². The van der Waals surface area contributed by atoms with Crippen LogP contribution in [0, 0.1) is 0 Å². The zero-order chi connectivity index (χ0) is 16.8. The second kappa shape index (κ2) is 8.13. The van der Waals surface area contributed by atoms with Crippen molar-refractivity contribution in [3.63, 3.8) is 0 Å². The summed E-state index contributed by atoms with van der Waals surface area (Å²) >= 11 is 2.97. The van der Waals surface area contributed by atoms with E-state index in [4.69, 9.17) is 0 Å². The Kier molecular flexibility index (Phi) is 5.67. The molecular weight excluding hydrogens is 336 g/mol. The lowest BCUT2D eigenvalue weighted by Crippen LogP contribution is -2.13. The van der Waals surface area contributed by atoms with Gasteiger partial charge in [0.2, 0.25) is 5.91 Å². The fourth-order valence-corrected chi connectivity index (χ4v) is 3.65. The van der Waals surface area contributed by atoms with Crippen LogP contribution in [0.15, 0.2) is 64.9 Å². The van der Waals surface area contributed by atoms with Gasteiger partial charge < -0.3 is 5.32 Å². The minimum Gasteiger partial charge on any atom is -0.301 e. The Bertz CT molecular complexity index is 798. The minimum atomic E-state index is -0.0360. The molecule has 0 aliphatic heterocycles. The highest BCUT2D eigenvalue weighted by Gasteiger charge is 2.08. The Morgan fingerprint density at radius 3 is 2.58 bits per heavy atom. The van der Waals surface area contributed by atoms with Gasteiger partial charge in [-0.2, -0.15) is 0 Å². The number of hydrogen-bond acceptors (Lipinski definition) is 4. The molecule has 1 N–H and O–H groups in total. The average molecular weight is 354 g/mol. The topological polar surface area (TPSA) is 42.0 Å². The van der Waals surface area contributed by atoms with Gasteiger partial charge in [0.1, 0.15) is 0 Å². The van der Waals surface area contributed by atoms with Crippen LogP contribution in [0.4, 0.5) is 5.13 Å². The number of carbonyl (C=O) groups is 1. The standard InChI is InChI=1S/C19H18N2OS2/c1-2-14-8-10-15(11-9-14)17-12-24-19(20-17)21-18(22)13-23-16-6-4-3-5-7-16/h3-12H,2,13H2,1H3,(H,20,21,22). The summed E-state index contributed by atoms with van der Waals surface area (Å²) in [5.41, 5.74) is 3.27. The molecular formula is C19H18N2OS2. The van der Waals surface area contributed by atoms with Gasteiger partial charge in [-0.05, 0) is 24.1 Å². The van der Waals surface area contributed by atoms with E-state index in [-0.39, 0.29) is 5.91 Å². The quantitative estimate of drug-likeness (QED) is 0.626. The largest absolute Gasteiger partial charge is 0.301 e. The van der Waals surface area contributed by atoms with Crippen molar-refractivity contribution in [3.05, 3.63) is 65.5 Å². The van der Waals surface area contributed by atoms with Gasteiger partial charge >= 0.3 is 0 Å². The molecule has 0 saturated heterocycles. The Morgan fingerprint density at radius 2 is 1.88 bits per heavy atom. The van der Waals surface area contributed by atoms with E-state index in [1.165, 1.54) is 28.7 Å². The monoisotopic (exact) mass is 354 g/mol. The first kappa shape index (κ1) is 16.7. The SMILES string of the molecule is CCc1ccc(-c2csc(NC(=O)CSc3ccccc3)n2)cc1. The fourth-order valence-electron chi connectivity index (χ4n) is 2.20. The first-order chi connectivity index (χ1) is 11.7. The van der Waals surface area contributed by atoms with E-state index in [1.54, 1.807) is 0 Å². The molecule has 0 aliphatic carbocycles. The zero-order valence-electron chi connectivity index (χ0n) is 13.4. The van der Waals surface area contributed by atoms with Crippen molar-refractivity contribution in [2.24, 2.45) is 0 Å². The summed E-state index contributed by atoms with van der Waals surface area (Å²) in [5.74, 6) is 0.343. The molecule has 3 nitrogen and oxygen atoms in total. The Hall–Kier alpha value is -2.11. The van der Waals surface area contributed by atoms with Gasteiger partial charge in [0.15, 0.2) is 5.13 Å². The highest BCUT2D eigenvalue weighted by Crippen LogP contribution is 2.25. The molecule has 3 aromatic rings. The molecule has 0 fully saturated rings. The molecule has 0 aliphatic rings. The normalized spacial score (nSPS) is 10.5. The van der Waals surface area contributed by atoms with Gasteiger partial charge in [-0.1, -0.05) is 49.4 Å². The lowest BCUT2D eigenvalue weighted by molar-refractivity contribution is -0.113. The number of hydrogen-bond donors (Lipinski definition) is 1. The number of anilines is 1. The maximum Gasteiger partial charge on any atom is 0.236 e. The summed E-state index contributed by atoms with van der Waals surface area (Å²) in [6, 6.07) is 18.3. The lowest BCUT2D eigenvalue weighted by Gasteiger charge is -2.02. The molecule has 5 heteroatoms. The van der Waals surface area contributed by atoms with E-state index >= 15 is 0 Å². The van der Waals surface area contributed by atoms with Crippen molar-refractivity contribution in [2.45, 2.75) is 18.2 Å². The average Bonchev–Trinajstić information content (AvgIpc) is 3.09. The summed E-state index contributed by atoms with van der Waals surface area (Å²) < 4.78 is 0. The van der Waals surface area contributed by atoms with Gasteiger partial charge in [-0.3, -0.25) is 4.79 Å². The van der Waals surface area contributed by atoms with Crippen LogP contribution in [-0.4, -0.2) is 16.6 Å². The number of thioether (sulfide) groups is 1. The molecule has 2 aromatic carbocycles. The number of nitrogens with one attached hydrogen (secondary N) is 1. The summed E-state index contributed by atoms with van der Waals surface area (Å²) in [4.78, 5) is 17.6. The van der Waals surface area contributed by atoms with Gasteiger partial charge in [0.25, 0.3) is 0 Å². The van der Waals surface area contributed by atoms with Crippen molar-refractivity contribution in [3.8, 4) is 11.3 Å². The predicted molar refractivity (Wildman–Crippen MR) is 103 cm³/mol. The highest BCUT2D eigenvalue weighted by atomic mass is 32.2. The number of nitrogens with zero attached hydrogens (tertiary/aromatic N) is 1. The van der Waals surface area contributed by atoms with E-state index in [1.807, 2.05) is 35.7 Å². The third-order valence-electron chi connectivity index (χ3n) is 3.52. The van der Waals surface area contributed by atoms with Crippen molar-refractivity contribution in [2.75, 3.05) is 11.1 Å². The fraction of sp³-hybridized carbons (Fsp3) is 0.158. The Morgan fingerprint density at radius 1 is 1.12 bits per heavy atom. The molecule has 0 atom stereocenters. The van der Waals surface area contributed by atoms with Crippen LogP contribution in [0.5, 0.6) is 0 Å². The number of thiazole rings is 1. The lowest BCUT2D eigenvalue weighted by atomic mass is 10.1. The summed E-state index contributed by atoms with van der Waals surface area (Å²) in [6.45, 7) is 2.14. The van der Waals surface area contributed by atoms with E-state index in [0.29, 0.717) is 10.9 Å². The smallest absolute Gasteiger partial charge is 0.236 e. The van der Waals surface area contributed by atoms with Crippen molar-refractivity contribution >= 4 is 34.1 Å². The van der Waals surface area contributed by atoms with Crippen molar-refractivity contribution in [1.82, 2.24) is 4.98 Å². The molecule has 1 heterocycles. The van der Waals surface area contributed by atoms with Gasteiger partial charge in [0.05, 0.1) is 11.4 Å². The van der Waals surface area contributed by atoms with E-state index < -0.39 is 0 Å². The second-order valence-corrected chi connectivity index (χ2v) is 7.15. The molecule has 24 heavy (non-hydrogen) atoms. The molecule has 0 saturated carbocycles. The number of aryl methyl sites for hydroxylation is 1. The maximum absolute atomic E-state index is 12.0. The molecule has 1 amide bonds. The molecule has 0 bridgehead atoms. The molecule has 122 valence electrons. The van der Waals surface area contributed by atoms with Gasteiger partial charge in [-0.15, -0.1) is 23.1 Å². The van der Waals surface area contributed by atoms with Crippen molar-refractivity contribution in [1.29, 1.82) is 0 Å². The summed E-state index contributed by atoms with van der Waals surface area (Å²) in [5, 5.41) is 5.49. The highest BCUT2D eigenvalue weighted by molar-refractivity contribution is 8.00. The maximum atomic E-state index is 12.0. The Labute approximate surface area is 150 Å². The second-order valence-electron chi connectivity index (χ2n) is 5.24. The number of benzene rings is 2. The zero-order valence-corrected chi connectivity index (χ0v) is 15.0. The number of rotatable bonds is 6. The summed E-state index contributed by atoms with van der Waals surface area (Å²) in [6.07, 6.45) is 1.03. The van der Waals surface area contributed by atoms with E-state index in [2.05, 4.69) is 41.5 Å². The van der Waals surface area contributed by atoms with Crippen LogP contribution in [0.2, 0.25) is 0 Å². The van der Waals surface area contributed by atoms with Crippen LogP contribution in [0.25, 0.3) is 11.3 Å². The third kappa shape index (κ3) is 4.46. The molecule has 0 radical (unpaired) electrons. The molecule has 0 unspecified atom stereocenters. The minimum absolute atomic E-state index is 0.0360. The predicted octanol–water partition coefficient (Wildman–Crippen LogP) is 5.10. The first-order valence-corrected chi connectivity index (χ1v) is 9.63. The van der Waals surface area contributed by atoms with Crippen LogP contribution < -0.4 is 5.32 Å².